The zero-order valence-corrected chi connectivity index (χ0v) is 21.3. The molecule has 0 aliphatic rings. The van der Waals surface area contributed by atoms with Gasteiger partial charge in [-0.15, -0.1) is 0 Å². The molecule has 31 heavy (non-hydrogen) atoms. The highest BCUT2D eigenvalue weighted by Gasteiger charge is 2.25. The Labute approximate surface area is 195 Å². The third-order valence-corrected chi connectivity index (χ3v) is 5.30. The average Bonchev–Trinajstić information content (AvgIpc) is 2.65. The van der Waals surface area contributed by atoms with Crippen LogP contribution in [0.5, 0.6) is 11.5 Å². The molecular formula is C25H35BrN2O3. The van der Waals surface area contributed by atoms with Gasteiger partial charge in [0.15, 0.2) is 18.1 Å². The van der Waals surface area contributed by atoms with E-state index >= 15 is 0 Å². The van der Waals surface area contributed by atoms with E-state index < -0.39 is 0 Å². The number of methoxy groups -OCH3 is 1. The molecule has 0 aliphatic heterocycles. The molecule has 0 unspecified atom stereocenters. The highest BCUT2D eigenvalue weighted by atomic mass is 79.9. The van der Waals surface area contributed by atoms with Gasteiger partial charge in [0.05, 0.1) is 11.6 Å². The van der Waals surface area contributed by atoms with Crippen LogP contribution in [0.25, 0.3) is 0 Å². The van der Waals surface area contributed by atoms with Crippen molar-refractivity contribution < 1.29 is 14.3 Å². The third-order valence-electron chi connectivity index (χ3n) is 4.72. The predicted molar refractivity (Wildman–Crippen MR) is 131 cm³/mol. The molecule has 2 rings (SSSR count). The summed E-state index contributed by atoms with van der Waals surface area (Å²) in [5.41, 5.74) is 3.19. The van der Waals surface area contributed by atoms with Crippen LogP contribution in [0.15, 0.2) is 40.9 Å². The fraction of sp³-hybridized carbons (Fsp3) is 0.480. The second-order valence-electron chi connectivity index (χ2n) is 9.79. The van der Waals surface area contributed by atoms with E-state index in [2.05, 4.69) is 61.2 Å². The van der Waals surface area contributed by atoms with Gasteiger partial charge in [-0.1, -0.05) is 38.5 Å². The van der Waals surface area contributed by atoms with E-state index in [1.807, 2.05) is 43.3 Å². The zero-order valence-electron chi connectivity index (χ0n) is 19.7. The van der Waals surface area contributed by atoms with Crippen LogP contribution in [0.4, 0.5) is 5.69 Å². The molecule has 0 radical (unpaired) electrons. The van der Waals surface area contributed by atoms with Crippen LogP contribution < -0.4 is 20.1 Å². The van der Waals surface area contributed by atoms with Crippen LogP contribution in [0, 0.1) is 12.3 Å². The summed E-state index contributed by atoms with van der Waals surface area (Å²) >= 11 is 3.57. The monoisotopic (exact) mass is 490 g/mol. The summed E-state index contributed by atoms with van der Waals surface area (Å²) in [6.07, 6.45) is 1.05. The minimum absolute atomic E-state index is 0.00119. The lowest BCUT2D eigenvalue weighted by Gasteiger charge is -2.33. The van der Waals surface area contributed by atoms with Crippen LogP contribution in [0.2, 0.25) is 0 Å². The molecule has 2 aromatic rings. The number of halogens is 1. The summed E-state index contributed by atoms with van der Waals surface area (Å²) in [6, 6.07) is 11.6. The Morgan fingerprint density at radius 2 is 1.71 bits per heavy atom. The lowest BCUT2D eigenvalue weighted by Crippen LogP contribution is -2.41. The maximum absolute atomic E-state index is 12.3. The van der Waals surface area contributed by atoms with Crippen molar-refractivity contribution in [3.05, 3.63) is 52.0 Å². The summed E-state index contributed by atoms with van der Waals surface area (Å²) in [7, 11) is 1.60. The number of nitrogens with one attached hydrogen (secondary N) is 2. The molecule has 0 bridgehead atoms. The number of amides is 1. The predicted octanol–water partition coefficient (Wildman–Crippen LogP) is 6.09. The molecule has 0 saturated carbocycles. The Morgan fingerprint density at radius 3 is 2.29 bits per heavy atom. The molecule has 0 atom stereocenters. The lowest BCUT2D eigenvalue weighted by atomic mass is 9.82. The van der Waals surface area contributed by atoms with Gasteiger partial charge < -0.3 is 20.1 Å². The molecule has 2 N–H and O–H groups in total. The second kappa shape index (κ2) is 10.5. The van der Waals surface area contributed by atoms with Gasteiger partial charge in [0.2, 0.25) is 0 Å². The minimum Gasteiger partial charge on any atom is -0.493 e. The van der Waals surface area contributed by atoms with Crippen molar-refractivity contribution in [1.29, 1.82) is 0 Å². The van der Waals surface area contributed by atoms with E-state index in [-0.39, 0.29) is 23.5 Å². The minimum atomic E-state index is -0.229. The first kappa shape index (κ1) is 25.2. The highest BCUT2D eigenvalue weighted by Crippen LogP contribution is 2.37. The maximum atomic E-state index is 12.3. The normalized spacial score (nSPS) is 11.9. The van der Waals surface area contributed by atoms with Gasteiger partial charge in [0, 0.05) is 17.8 Å². The van der Waals surface area contributed by atoms with Crippen LogP contribution in [0.3, 0.4) is 0 Å². The Kier molecular flexibility index (Phi) is 8.55. The number of ether oxygens (including phenoxy) is 2. The van der Waals surface area contributed by atoms with Crippen LogP contribution in [0.1, 0.15) is 52.2 Å². The van der Waals surface area contributed by atoms with E-state index in [9.17, 15) is 4.79 Å². The largest absolute Gasteiger partial charge is 0.493 e. The van der Waals surface area contributed by atoms with Gasteiger partial charge in [-0.05, 0) is 78.4 Å². The van der Waals surface area contributed by atoms with E-state index in [4.69, 9.17) is 9.47 Å². The molecule has 170 valence electrons. The number of carbonyl (C=O) groups excluding carboxylic acids is 1. The average molecular weight is 491 g/mol. The smallest absolute Gasteiger partial charge is 0.262 e. The Morgan fingerprint density at radius 1 is 1.06 bits per heavy atom. The number of hydrogen-bond donors (Lipinski definition) is 2. The van der Waals surface area contributed by atoms with Crippen molar-refractivity contribution in [1.82, 2.24) is 5.32 Å². The number of hydrogen-bond acceptors (Lipinski definition) is 4. The Hall–Kier alpha value is -2.05. The standard InChI is InChI=1S/C25H35BrN2O3/c1-17-8-10-19(11-9-17)28-22(29)15-31-23-20(26)12-18(13-21(23)30-7)14-27-25(5,6)16-24(2,3)4/h8-13,27H,14-16H2,1-7H3,(H,28,29). The highest BCUT2D eigenvalue weighted by molar-refractivity contribution is 9.10. The fourth-order valence-electron chi connectivity index (χ4n) is 3.72. The van der Waals surface area contributed by atoms with Crippen LogP contribution in [-0.4, -0.2) is 25.2 Å². The van der Waals surface area contributed by atoms with Gasteiger partial charge >= 0.3 is 0 Å². The van der Waals surface area contributed by atoms with Gasteiger partial charge in [0.1, 0.15) is 0 Å². The topological polar surface area (TPSA) is 59.6 Å². The summed E-state index contributed by atoms with van der Waals surface area (Å²) in [4.78, 5) is 12.3. The summed E-state index contributed by atoms with van der Waals surface area (Å²) < 4.78 is 12.1. The number of carbonyl (C=O) groups is 1. The first-order valence-electron chi connectivity index (χ1n) is 10.5. The zero-order chi connectivity index (χ0) is 23.2. The number of rotatable bonds is 9. The van der Waals surface area contributed by atoms with E-state index in [1.165, 1.54) is 0 Å². The van der Waals surface area contributed by atoms with Crippen molar-refractivity contribution in [2.24, 2.45) is 5.41 Å². The molecule has 6 heteroatoms. The molecule has 1 amide bonds. The van der Waals surface area contributed by atoms with Crippen molar-refractivity contribution in [2.45, 2.75) is 60.0 Å². The van der Waals surface area contributed by atoms with E-state index in [0.717, 1.165) is 27.7 Å². The molecular weight excluding hydrogens is 456 g/mol. The van der Waals surface area contributed by atoms with E-state index in [1.54, 1.807) is 7.11 Å². The molecule has 0 saturated heterocycles. The number of benzene rings is 2. The summed E-state index contributed by atoms with van der Waals surface area (Å²) in [6.45, 7) is 13.8. The number of aryl methyl sites for hydroxylation is 1. The Bertz CT molecular complexity index is 887. The third kappa shape index (κ3) is 8.54. The maximum Gasteiger partial charge on any atom is 0.262 e. The summed E-state index contributed by atoms with van der Waals surface area (Å²) in [5, 5.41) is 6.46. The van der Waals surface area contributed by atoms with Gasteiger partial charge in [-0.25, -0.2) is 0 Å². The molecule has 2 aromatic carbocycles. The van der Waals surface area contributed by atoms with Gasteiger partial charge in [0.25, 0.3) is 5.91 Å². The Balaban J connectivity index is 2.01. The molecule has 0 aromatic heterocycles. The van der Waals surface area contributed by atoms with Crippen molar-refractivity contribution in [3.63, 3.8) is 0 Å². The molecule has 0 fully saturated rings. The van der Waals surface area contributed by atoms with Crippen molar-refractivity contribution in [2.75, 3.05) is 19.0 Å². The first-order chi connectivity index (χ1) is 14.4. The lowest BCUT2D eigenvalue weighted by molar-refractivity contribution is -0.118. The summed E-state index contributed by atoms with van der Waals surface area (Å²) in [5.74, 6) is 0.870. The molecule has 0 spiro atoms. The van der Waals surface area contributed by atoms with Crippen LogP contribution >= 0.6 is 15.9 Å². The van der Waals surface area contributed by atoms with Crippen molar-refractivity contribution >= 4 is 27.5 Å². The van der Waals surface area contributed by atoms with Gasteiger partial charge in [-0.3, -0.25) is 4.79 Å². The van der Waals surface area contributed by atoms with Crippen molar-refractivity contribution in [3.8, 4) is 11.5 Å². The SMILES string of the molecule is COc1cc(CNC(C)(C)CC(C)(C)C)cc(Br)c1OCC(=O)Nc1ccc(C)cc1. The number of anilines is 1. The molecule has 0 aliphatic carbocycles. The molecule has 0 heterocycles. The first-order valence-corrected chi connectivity index (χ1v) is 11.3. The van der Waals surface area contributed by atoms with Crippen LogP contribution in [-0.2, 0) is 11.3 Å². The van der Waals surface area contributed by atoms with Gasteiger partial charge in [-0.2, -0.15) is 0 Å². The van der Waals surface area contributed by atoms with E-state index in [0.29, 0.717) is 18.0 Å². The fourth-order valence-corrected chi connectivity index (χ4v) is 4.32. The second-order valence-corrected chi connectivity index (χ2v) is 10.6. The molecule has 5 nitrogen and oxygen atoms in total. The quantitative estimate of drug-likeness (QED) is 0.446.